The van der Waals surface area contributed by atoms with Crippen LogP contribution in [0.4, 0.5) is 11.6 Å². The Balaban J connectivity index is 0.000000147. The Morgan fingerprint density at radius 1 is 0.541 bits per heavy atom. The normalized spacial score (nSPS) is 15.2. The van der Waals surface area contributed by atoms with Gasteiger partial charge in [0.1, 0.15) is 16.5 Å². The smallest absolute Gasteiger partial charge is 0.270 e. The van der Waals surface area contributed by atoms with Crippen LogP contribution in [0.15, 0.2) is 144 Å². The minimum Gasteiger partial charge on any atom is -0.378 e. The predicted molar refractivity (Wildman–Crippen MR) is 239 cm³/mol. The molecule has 9 aromatic rings. The van der Waals surface area contributed by atoms with Gasteiger partial charge in [0.25, 0.3) is 20.0 Å². The highest BCUT2D eigenvalue weighted by atomic mass is 35.5. The fourth-order valence-corrected chi connectivity index (χ4v) is 11.4. The van der Waals surface area contributed by atoms with E-state index in [9.17, 15) is 16.8 Å². The summed E-state index contributed by atoms with van der Waals surface area (Å²) in [5.41, 5.74) is 3.22. The summed E-state index contributed by atoms with van der Waals surface area (Å²) < 4.78 is 68.4. The highest BCUT2D eigenvalue weighted by molar-refractivity contribution is 7.90. The number of para-hydroxylation sites is 3. The predicted octanol–water partition coefficient (Wildman–Crippen LogP) is 7.73. The molecule has 11 rings (SSSR count). The van der Waals surface area contributed by atoms with Gasteiger partial charge in [0, 0.05) is 76.7 Å². The van der Waals surface area contributed by atoms with Crippen LogP contribution in [0, 0.1) is 0 Å². The standard InChI is InChI=1S/C24H20N4O3S.C21H18ClN3O3S/c29-32(30,21-9-3-5-17-6-4-11-25-22(17)21)28-12-10-19-23(28)18-7-1-2-8-20(18)26-24(19)27-13-15-31-16-14-27;22-15-4-3-5-16(14-15)29(26,27)25-9-8-18-20(25)17-6-1-2-7-19(17)23-21(18)24-10-12-28-13-11-24/h1-12H,13-16H2;1-9,14H,10-13H2. The van der Waals surface area contributed by atoms with Gasteiger partial charge < -0.3 is 19.3 Å². The van der Waals surface area contributed by atoms with Crippen molar-refractivity contribution in [3.8, 4) is 0 Å². The summed E-state index contributed by atoms with van der Waals surface area (Å²) in [5, 5.41) is 4.35. The molecule has 2 aliphatic heterocycles. The average molecular weight is 872 g/mol. The van der Waals surface area contributed by atoms with Crippen molar-refractivity contribution < 1.29 is 26.3 Å². The van der Waals surface area contributed by atoms with Crippen molar-refractivity contribution in [2.24, 2.45) is 0 Å². The molecular formula is C45H38ClN7O6S2. The molecule has 0 N–H and O–H groups in total. The van der Waals surface area contributed by atoms with Crippen LogP contribution in [0.5, 0.6) is 0 Å². The minimum atomic E-state index is -3.90. The number of nitrogens with zero attached hydrogens (tertiary/aromatic N) is 7. The molecule has 2 saturated heterocycles. The number of ether oxygens (including phenoxy) is 2. The van der Waals surface area contributed by atoms with Crippen LogP contribution in [0.3, 0.4) is 0 Å². The molecule has 16 heteroatoms. The first-order valence-electron chi connectivity index (χ1n) is 19.8. The van der Waals surface area contributed by atoms with Crippen molar-refractivity contribution in [2.75, 3.05) is 62.4 Å². The van der Waals surface area contributed by atoms with Gasteiger partial charge in [-0.05, 0) is 54.6 Å². The van der Waals surface area contributed by atoms with Gasteiger partial charge in [-0.2, -0.15) is 0 Å². The molecule has 0 bridgehead atoms. The molecule has 0 spiro atoms. The van der Waals surface area contributed by atoms with Crippen LogP contribution in [-0.2, 0) is 29.5 Å². The summed E-state index contributed by atoms with van der Waals surface area (Å²) in [7, 11) is -7.73. The lowest BCUT2D eigenvalue weighted by atomic mass is 10.1. The van der Waals surface area contributed by atoms with E-state index in [0.29, 0.717) is 74.2 Å². The second-order valence-electron chi connectivity index (χ2n) is 14.7. The number of aromatic nitrogens is 5. The lowest BCUT2D eigenvalue weighted by Gasteiger charge is -2.28. The molecule has 2 fully saturated rings. The van der Waals surface area contributed by atoms with Crippen LogP contribution in [0.1, 0.15) is 0 Å². The van der Waals surface area contributed by atoms with Crippen LogP contribution in [-0.4, -0.2) is 92.3 Å². The number of rotatable bonds is 6. The first-order valence-corrected chi connectivity index (χ1v) is 23.0. The molecule has 13 nitrogen and oxygen atoms in total. The molecule has 0 atom stereocenters. The first kappa shape index (κ1) is 39.1. The molecule has 61 heavy (non-hydrogen) atoms. The van der Waals surface area contributed by atoms with Crippen LogP contribution < -0.4 is 9.80 Å². The van der Waals surface area contributed by atoms with E-state index in [1.165, 1.54) is 14.0 Å². The van der Waals surface area contributed by atoms with Crippen molar-refractivity contribution in [1.82, 2.24) is 22.9 Å². The van der Waals surface area contributed by atoms with E-state index in [1.807, 2.05) is 72.8 Å². The number of hydrogen-bond acceptors (Lipinski definition) is 11. The third-order valence-corrected chi connectivity index (χ3v) is 14.7. The van der Waals surface area contributed by atoms with Gasteiger partial charge in [0.15, 0.2) is 0 Å². The molecule has 7 heterocycles. The highest BCUT2D eigenvalue weighted by Gasteiger charge is 2.28. The second kappa shape index (κ2) is 15.7. The van der Waals surface area contributed by atoms with E-state index < -0.39 is 20.0 Å². The molecule has 0 aliphatic carbocycles. The molecule has 2 aliphatic rings. The first-order chi connectivity index (χ1) is 29.7. The van der Waals surface area contributed by atoms with Gasteiger partial charge in [0.05, 0.1) is 58.9 Å². The van der Waals surface area contributed by atoms with Gasteiger partial charge in [-0.15, -0.1) is 0 Å². The highest BCUT2D eigenvalue weighted by Crippen LogP contribution is 2.37. The quantitative estimate of drug-likeness (QED) is 0.162. The topological polar surface area (TPSA) is 142 Å². The van der Waals surface area contributed by atoms with Crippen LogP contribution in [0.2, 0.25) is 5.02 Å². The number of hydrogen-bond donors (Lipinski definition) is 0. The molecular weight excluding hydrogens is 834 g/mol. The maximum Gasteiger partial charge on any atom is 0.270 e. The monoisotopic (exact) mass is 871 g/mol. The third kappa shape index (κ3) is 6.91. The summed E-state index contributed by atoms with van der Waals surface area (Å²) in [4.78, 5) is 18.7. The Kier molecular flexibility index (Phi) is 10.1. The third-order valence-electron chi connectivity index (χ3n) is 11.1. The fourth-order valence-electron chi connectivity index (χ4n) is 8.17. The van der Waals surface area contributed by atoms with Crippen molar-refractivity contribution in [2.45, 2.75) is 9.79 Å². The summed E-state index contributed by atoms with van der Waals surface area (Å²) in [6.45, 7) is 5.35. The lowest BCUT2D eigenvalue weighted by Crippen LogP contribution is -2.36. The summed E-state index contributed by atoms with van der Waals surface area (Å²) in [6.07, 6.45) is 4.84. The lowest BCUT2D eigenvalue weighted by molar-refractivity contribution is 0.122. The Morgan fingerprint density at radius 3 is 1.64 bits per heavy atom. The molecule has 4 aromatic carbocycles. The van der Waals surface area contributed by atoms with Gasteiger partial charge in [-0.1, -0.05) is 72.3 Å². The number of halogens is 1. The van der Waals surface area contributed by atoms with E-state index in [2.05, 4.69) is 14.8 Å². The Bertz CT molecular complexity index is 3360. The Labute approximate surface area is 356 Å². The number of fused-ring (bicyclic) bond motifs is 7. The van der Waals surface area contributed by atoms with Gasteiger partial charge in [-0.3, -0.25) is 4.98 Å². The largest absolute Gasteiger partial charge is 0.378 e. The SMILES string of the molecule is O=S(=O)(c1cccc(Cl)c1)n1ccc2c(N3CCOCC3)nc3ccccc3c21.O=S(=O)(c1cccc2cccnc12)n1ccc2c(N3CCOCC3)nc3ccccc3c21. The number of anilines is 2. The molecule has 308 valence electrons. The second-order valence-corrected chi connectivity index (χ2v) is 18.7. The fraction of sp³-hybridized carbons (Fsp3) is 0.178. The Hall–Kier alpha value is -6.10. The minimum absolute atomic E-state index is 0.149. The molecule has 0 radical (unpaired) electrons. The average Bonchev–Trinajstić information content (AvgIpc) is 3.97. The van der Waals surface area contributed by atoms with E-state index in [-0.39, 0.29) is 9.79 Å². The maximum atomic E-state index is 13.9. The maximum absolute atomic E-state index is 13.9. The Morgan fingerprint density at radius 2 is 1.07 bits per heavy atom. The van der Waals surface area contributed by atoms with Gasteiger partial charge in [-0.25, -0.2) is 34.7 Å². The van der Waals surface area contributed by atoms with E-state index in [1.54, 1.807) is 55.0 Å². The zero-order chi connectivity index (χ0) is 41.7. The van der Waals surface area contributed by atoms with Crippen molar-refractivity contribution >= 4 is 97.8 Å². The van der Waals surface area contributed by atoms with Crippen molar-refractivity contribution in [3.63, 3.8) is 0 Å². The molecule has 0 saturated carbocycles. The van der Waals surface area contributed by atoms with Crippen molar-refractivity contribution in [1.29, 1.82) is 0 Å². The van der Waals surface area contributed by atoms with Crippen molar-refractivity contribution in [3.05, 3.63) is 139 Å². The van der Waals surface area contributed by atoms with Gasteiger partial charge >= 0.3 is 0 Å². The van der Waals surface area contributed by atoms with E-state index in [0.717, 1.165) is 49.6 Å². The summed E-state index contributed by atoms with van der Waals surface area (Å²) >= 11 is 6.05. The van der Waals surface area contributed by atoms with Gasteiger partial charge in [0.2, 0.25) is 0 Å². The number of morpholine rings is 2. The van der Waals surface area contributed by atoms with E-state index in [4.69, 9.17) is 31.0 Å². The van der Waals surface area contributed by atoms with Crippen LogP contribution >= 0.6 is 11.6 Å². The van der Waals surface area contributed by atoms with Crippen LogP contribution in [0.25, 0.3) is 54.5 Å². The zero-order valence-corrected chi connectivity index (χ0v) is 35.0. The summed E-state index contributed by atoms with van der Waals surface area (Å²) in [6, 6.07) is 34.1. The molecule has 5 aromatic heterocycles. The molecule has 0 unspecified atom stereocenters. The van der Waals surface area contributed by atoms with E-state index >= 15 is 0 Å². The summed E-state index contributed by atoms with van der Waals surface area (Å²) in [5.74, 6) is 1.56. The zero-order valence-electron chi connectivity index (χ0n) is 32.6. The molecule has 0 amide bonds. The number of pyridine rings is 3. The number of benzene rings is 4.